The molecule has 0 aliphatic heterocycles. The van der Waals surface area contributed by atoms with Crippen LogP contribution in [-0.4, -0.2) is 28.3 Å². The number of hydrogen-bond acceptors (Lipinski definition) is 3. The van der Waals surface area contributed by atoms with Crippen molar-refractivity contribution in [3.63, 3.8) is 0 Å². The Morgan fingerprint density at radius 3 is 2.26 bits per heavy atom. The second kappa shape index (κ2) is 8.55. The number of rotatable bonds is 7. The van der Waals surface area contributed by atoms with Crippen LogP contribution in [0.15, 0.2) is 0 Å². The fourth-order valence-electron chi connectivity index (χ4n) is 3.32. The molecule has 1 aliphatic carbocycles. The van der Waals surface area contributed by atoms with Gasteiger partial charge in [-0.1, -0.05) is 51.9 Å². The summed E-state index contributed by atoms with van der Waals surface area (Å²) in [7, 11) is 0. The van der Waals surface area contributed by atoms with Crippen molar-refractivity contribution >= 4 is 12.1 Å². The number of unbranched alkanes of at least 4 members (excludes halogenated alkanes) is 1. The Balaban J connectivity index is 2.87. The number of carbonyl (C=O) groups excluding carboxylic acids is 1. The standard InChI is InChI=1S/C18H33NO4/c1-5-6-12-18(15(20)21,13-14-10-8-7-9-11-14)19-16(22)23-17(2,3)4/h14H,5-13H2,1-4H3,(H,19,22)(H,20,21)/t18-/m1/s1. The second-order valence-corrected chi connectivity index (χ2v) is 7.83. The minimum absolute atomic E-state index is 0.367. The molecule has 0 bridgehead atoms. The van der Waals surface area contributed by atoms with Gasteiger partial charge in [0.25, 0.3) is 0 Å². The van der Waals surface area contributed by atoms with Gasteiger partial charge in [0.15, 0.2) is 0 Å². The van der Waals surface area contributed by atoms with Crippen LogP contribution in [0.25, 0.3) is 0 Å². The van der Waals surface area contributed by atoms with Crippen LogP contribution >= 0.6 is 0 Å². The first kappa shape index (κ1) is 19.8. The predicted octanol–water partition coefficient (Wildman–Crippen LogP) is 4.50. The number of hydrogen-bond donors (Lipinski definition) is 2. The lowest BCUT2D eigenvalue weighted by Crippen LogP contribution is -2.56. The minimum atomic E-state index is -1.21. The molecule has 1 fully saturated rings. The molecule has 1 atom stereocenters. The van der Waals surface area contributed by atoms with E-state index in [1.54, 1.807) is 20.8 Å². The summed E-state index contributed by atoms with van der Waals surface area (Å²) in [6.45, 7) is 7.37. The summed E-state index contributed by atoms with van der Waals surface area (Å²) in [5.41, 5.74) is -1.84. The summed E-state index contributed by atoms with van der Waals surface area (Å²) in [6.07, 6.45) is 7.63. The fourth-order valence-corrected chi connectivity index (χ4v) is 3.32. The second-order valence-electron chi connectivity index (χ2n) is 7.83. The topological polar surface area (TPSA) is 75.6 Å². The van der Waals surface area contributed by atoms with Crippen molar-refractivity contribution in [2.75, 3.05) is 0 Å². The van der Waals surface area contributed by atoms with Crippen molar-refractivity contribution in [2.45, 2.75) is 96.6 Å². The maximum Gasteiger partial charge on any atom is 0.408 e. The van der Waals surface area contributed by atoms with Gasteiger partial charge in [-0.25, -0.2) is 9.59 Å². The van der Waals surface area contributed by atoms with E-state index in [1.165, 1.54) is 6.42 Å². The smallest absolute Gasteiger partial charge is 0.408 e. The SMILES string of the molecule is CCCC[C@](CC1CCCCC1)(NC(=O)OC(C)(C)C)C(=O)O. The van der Waals surface area contributed by atoms with Gasteiger partial charge in [0.1, 0.15) is 11.1 Å². The zero-order chi connectivity index (χ0) is 17.5. The monoisotopic (exact) mass is 327 g/mol. The lowest BCUT2D eigenvalue weighted by atomic mass is 9.77. The molecule has 5 nitrogen and oxygen atoms in total. The third-order valence-corrected chi connectivity index (χ3v) is 4.47. The Kier molecular flexibility index (Phi) is 7.36. The molecule has 0 unspecified atom stereocenters. The predicted molar refractivity (Wildman–Crippen MR) is 90.5 cm³/mol. The first-order chi connectivity index (χ1) is 10.7. The van der Waals surface area contributed by atoms with Crippen LogP contribution in [0, 0.1) is 5.92 Å². The first-order valence-electron chi connectivity index (χ1n) is 8.93. The molecule has 2 N–H and O–H groups in total. The molecule has 1 aliphatic rings. The number of nitrogens with one attached hydrogen (secondary N) is 1. The van der Waals surface area contributed by atoms with E-state index in [-0.39, 0.29) is 0 Å². The summed E-state index contributed by atoms with van der Waals surface area (Å²) < 4.78 is 5.30. The largest absolute Gasteiger partial charge is 0.480 e. The van der Waals surface area contributed by atoms with Crippen LogP contribution < -0.4 is 5.32 Å². The van der Waals surface area contributed by atoms with Gasteiger partial charge in [-0.3, -0.25) is 0 Å². The van der Waals surface area contributed by atoms with Crippen molar-refractivity contribution in [1.29, 1.82) is 0 Å². The van der Waals surface area contributed by atoms with Crippen molar-refractivity contribution < 1.29 is 19.4 Å². The van der Waals surface area contributed by atoms with Crippen molar-refractivity contribution in [3.05, 3.63) is 0 Å². The summed E-state index contributed by atoms with van der Waals surface area (Å²) in [5.74, 6) is -0.575. The molecule has 0 radical (unpaired) electrons. The van der Waals surface area contributed by atoms with Gasteiger partial charge < -0.3 is 15.2 Å². The number of aliphatic carboxylic acids is 1. The highest BCUT2D eigenvalue weighted by atomic mass is 16.6. The first-order valence-corrected chi connectivity index (χ1v) is 8.93. The van der Waals surface area contributed by atoms with E-state index in [0.717, 1.165) is 38.5 Å². The van der Waals surface area contributed by atoms with Gasteiger partial charge in [0.05, 0.1) is 0 Å². The molecule has 1 rings (SSSR count). The van der Waals surface area contributed by atoms with Gasteiger partial charge in [-0.05, 0) is 39.5 Å². The van der Waals surface area contributed by atoms with Crippen molar-refractivity contribution in [1.82, 2.24) is 5.32 Å². The van der Waals surface area contributed by atoms with Gasteiger partial charge in [-0.2, -0.15) is 0 Å². The molecule has 1 amide bonds. The van der Waals surface area contributed by atoms with Crippen molar-refractivity contribution in [2.24, 2.45) is 5.92 Å². The Morgan fingerprint density at radius 2 is 1.78 bits per heavy atom. The lowest BCUT2D eigenvalue weighted by Gasteiger charge is -2.36. The molecular weight excluding hydrogens is 294 g/mol. The summed E-state index contributed by atoms with van der Waals surface area (Å²) >= 11 is 0. The van der Waals surface area contributed by atoms with E-state index >= 15 is 0 Å². The fraction of sp³-hybridized carbons (Fsp3) is 0.889. The number of carboxylic acids is 1. The number of ether oxygens (including phenoxy) is 1. The molecule has 0 aromatic heterocycles. The Morgan fingerprint density at radius 1 is 1.17 bits per heavy atom. The zero-order valence-corrected chi connectivity index (χ0v) is 15.1. The van der Waals surface area contributed by atoms with E-state index in [9.17, 15) is 14.7 Å². The molecule has 134 valence electrons. The van der Waals surface area contributed by atoms with Crippen LogP contribution in [-0.2, 0) is 9.53 Å². The summed E-state index contributed by atoms with van der Waals surface area (Å²) in [4.78, 5) is 24.2. The van der Waals surface area contributed by atoms with Crippen molar-refractivity contribution in [3.8, 4) is 0 Å². The summed E-state index contributed by atoms with van der Waals surface area (Å²) in [6, 6.07) is 0. The van der Waals surface area contributed by atoms with Gasteiger partial charge in [0, 0.05) is 0 Å². The quantitative estimate of drug-likeness (QED) is 0.722. The highest BCUT2D eigenvalue weighted by molar-refractivity contribution is 5.84. The Hall–Kier alpha value is -1.26. The zero-order valence-electron chi connectivity index (χ0n) is 15.1. The van der Waals surface area contributed by atoms with Gasteiger partial charge >= 0.3 is 12.1 Å². The van der Waals surface area contributed by atoms with Crippen LogP contribution in [0.2, 0.25) is 0 Å². The number of alkyl carbamates (subject to hydrolysis) is 1. The molecule has 23 heavy (non-hydrogen) atoms. The molecule has 0 aromatic rings. The molecule has 0 aromatic carbocycles. The average molecular weight is 327 g/mol. The van der Waals surface area contributed by atoms with Crippen LogP contribution in [0.4, 0.5) is 4.79 Å². The van der Waals surface area contributed by atoms with E-state index in [2.05, 4.69) is 5.32 Å². The minimum Gasteiger partial charge on any atom is -0.480 e. The third kappa shape index (κ3) is 6.80. The molecule has 1 saturated carbocycles. The van der Waals surface area contributed by atoms with Crippen LogP contribution in [0.5, 0.6) is 0 Å². The van der Waals surface area contributed by atoms with E-state index in [1.807, 2.05) is 6.92 Å². The number of amides is 1. The average Bonchev–Trinajstić information content (AvgIpc) is 2.43. The maximum absolute atomic E-state index is 12.2. The third-order valence-electron chi connectivity index (χ3n) is 4.47. The molecule has 0 saturated heterocycles. The molecule has 0 heterocycles. The van der Waals surface area contributed by atoms with Gasteiger partial charge in [-0.15, -0.1) is 0 Å². The van der Waals surface area contributed by atoms with E-state index in [4.69, 9.17) is 4.74 Å². The Bertz CT molecular complexity index is 396. The van der Waals surface area contributed by atoms with E-state index < -0.39 is 23.2 Å². The molecule has 5 heteroatoms. The molecule has 0 spiro atoms. The van der Waals surface area contributed by atoms with Crippen LogP contribution in [0.3, 0.4) is 0 Å². The number of carbonyl (C=O) groups is 2. The number of carboxylic acid groups (broad SMARTS) is 1. The normalized spacial score (nSPS) is 19.0. The summed E-state index contributed by atoms with van der Waals surface area (Å²) in [5, 5.41) is 12.6. The highest BCUT2D eigenvalue weighted by Crippen LogP contribution is 2.33. The highest BCUT2D eigenvalue weighted by Gasteiger charge is 2.42. The van der Waals surface area contributed by atoms with Gasteiger partial charge in [0.2, 0.25) is 0 Å². The Labute approximate surface area is 140 Å². The lowest BCUT2D eigenvalue weighted by molar-refractivity contribution is -0.146. The molecular formula is C18H33NO4. The maximum atomic E-state index is 12.2. The van der Waals surface area contributed by atoms with E-state index in [0.29, 0.717) is 18.8 Å². The van der Waals surface area contributed by atoms with Crippen LogP contribution in [0.1, 0.15) is 85.5 Å².